The lowest BCUT2D eigenvalue weighted by Crippen LogP contribution is -2.35. The molecule has 0 spiro atoms. The summed E-state index contributed by atoms with van der Waals surface area (Å²) in [6, 6.07) is 14.7. The molecule has 0 radical (unpaired) electrons. The largest absolute Gasteiger partial charge is 0.497 e. The van der Waals surface area contributed by atoms with Crippen LogP contribution in [0.3, 0.4) is 0 Å². The van der Waals surface area contributed by atoms with E-state index in [0.717, 1.165) is 42.9 Å². The van der Waals surface area contributed by atoms with E-state index in [2.05, 4.69) is 26.3 Å². The SMILES string of the molecule is COc1ccc(C(=O)Nc2cc(-c3ccnc(N4CCC(CO)CC4)c3)ccn2)cc1. The summed E-state index contributed by atoms with van der Waals surface area (Å²) in [5.41, 5.74) is 2.50. The number of amides is 1. The summed E-state index contributed by atoms with van der Waals surface area (Å²) in [6.07, 6.45) is 5.43. The molecule has 1 aromatic carbocycles. The van der Waals surface area contributed by atoms with E-state index >= 15 is 0 Å². The first-order valence-electron chi connectivity index (χ1n) is 10.4. The molecule has 7 heteroatoms. The van der Waals surface area contributed by atoms with Gasteiger partial charge in [0.1, 0.15) is 17.4 Å². The lowest BCUT2D eigenvalue weighted by atomic mass is 9.98. The Labute approximate surface area is 181 Å². The van der Waals surface area contributed by atoms with E-state index in [0.29, 0.717) is 23.0 Å². The van der Waals surface area contributed by atoms with Gasteiger partial charge in [0, 0.05) is 37.7 Å². The molecule has 160 valence electrons. The molecular weight excluding hydrogens is 392 g/mol. The van der Waals surface area contributed by atoms with Gasteiger partial charge in [-0.15, -0.1) is 0 Å². The van der Waals surface area contributed by atoms with Crippen molar-refractivity contribution in [2.75, 3.05) is 37.0 Å². The van der Waals surface area contributed by atoms with E-state index in [1.165, 1.54) is 0 Å². The van der Waals surface area contributed by atoms with Gasteiger partial charge in [-0.05, 0) is 78.4 Å². The number of rotatable bonds is 6. The lowest BCUT2D eigenvalue weighted by molar-refractivity contribution is 0.102. The molecule has 31 heavy (non-hydrogen) atoms. The Morgan fingerprint density at radius 1 is 1.06 bits per heavy atom. The first-order valence-corrected chi connectivity index (χ1v) is 10.4. The van der Waals surface area contributed by atoms with Gasteiger partial charge in [-0.25, -0.2) is 9.97 Å². The van der Waals surface area contributed by atoms with Crippen LogP contribution in [0.5, 0.6) is 5.75 Å². The smallest absolute Gasteiger partial charge is 0.256 e. The van der Waals surface area contributed by atoms with Gasteiger partial charge >= 0.3 is 0 Å². The minimum Gasteiger partial charge on any atom is -0.497 e. The van der Waals surface area contributed by atoms with Crippen molar-refractivity contribution >= 4 is 17.5 Å². The molecule has 1 amide bonds. The summed E-state index contributed by atoms with van der Waals surface area (Å²) in [4.78, 5) is 23.6. The normalized spacial score (nSPS) is 14.3. The number of aromatic nitrogens is 2. The quantitative estimate of drug-likeness (QED) is 0.636. The van der Waals surface area contributed by atoms with E-state index < -0.39 is 0 Å². The van der Waals surface area contributed by atoms with Gasteiger partial charge in [0.05, 0.1) is 7.11 Å². The Morgan fingerprint density at radius 2 is 1.74 bits per heavy atom. The molecule has 0 unspecified atom stereocenters. The molecule has 1 fully saturated rings. The molecule has 1 aliphatic heterocycles. The molecule has 0 atom stereocenters. The van der Waals surface area contributed by atoms with Crippen molar-refractivity contribution in [1.29, 1.82) is 0 Å². The number of hydrogen-bond acceptors (Lipinski definition) is 6. The van der Waals surface area contributed by atoms with Gasteiger partial charge in [-0.1, -0.05) is 0 Å². The highest BCUT2D eigenvalue weighted by atomic mass is 16.5. The van der Waals surface area contributed by atoms with E-state index in [9.17, 15) is 9.90 Å². The molecule has 0 saturated carbocycles. The van der Waals surface area contributed by atoms with E-state index in [1.807, 2.05) is 18.2 Å². The average Bonchev–Trinajstić information content (AvgIpc) is 2.84. The highest BCUT2D eigenvalue weighted by Crippen LogP contribution is 2.27. The minimum atomic E-state index is -0.227. The van der Waals surface area contributed by atoms with Gasteiger partial charge < -0.3 is 20.1 Å². The Balaban J connectivity index is 1.48. The second kappa shape index (κ2) is 9.57. The molecular formula is C24H26N4O3. The van der Waals surface area contributed by atoms with Crippen LogP contribution in [0.15, 0.2) is 60.9 Å². The Hall–Kier alpha value is -3.45. The predicted octanol–water partition coefficient (Wildman–Crippen LogP) is 3.61. The summed E-state index contributed by atoms with van der Waals surface area (Å²) in [7, 11) is 1.59. The number of carbonyl (C=O) groups excluding carboxylic acids is 1. The number of carbonyl (C=O) groups is 1. The second-order valence-electron chi connectivity index (χ2n) is 7.63. The zero-order chi connectivity index (χ0) is 21.6. The predicted molar refractivity (Wildman–Crippen MR) is 120 cm³/mol. The average molecular weight is 418 g/mol. The number of benzene rings is 1. The fourth-order valence-corrected chi connectivity index (χ4v) is 3.72. The summed E-state index contributed by atoms with van der Waals surface area (Å²) in [6.45, 7) is 2.03. The van der Waals surface area contributed by atoms with Crippen molar-refractivity contribution in [3.8, 4) is 16.9 Å². The fourth-order valence-electron chi connectivity index (χ4n) is 3.72. The van der Waals surface area contributed by atoms with Crippen LogP contribution < -0.4 is 15.0 Å². The molecule has 7 nitrogen and oxygen atoms in total. The number of aliphatic hydroxyl groups excluding tert-OH is 1. The first kappa shape index (κ1) is 20.8. The number of pyridine rings is 2. The first-order chi connectivity index (χ1) is 15.2. The number of methoxy groups -OCH3 is 1. The lowest BCUT2D eigenvalue weighted by Gasteiger charge is -2.32. The van der Waals surface area contributed by atoms with Gasteiger partial charge in [-0.2, -0.15) is 0 Å². The Kier molecular flexibility index (Phi) is 6.43. The molecule has 1 aliphatic rings. The van der Waals surface area contributed by atoms with E-state index in [-0.39, 0.29) is 12.5 Å². The summed E-state index contributed by atoms with van der Waals surface area (Å²) < 4.78 is 5.13. The Bertz CT molecular complexity index is 1030. The highest BCUT2D eigenvalue weighted by molar-refractivity contribution is 6.04. The van der Waals surface area contributed by atoms with Crippen LogP contribution in [0, 0.1) is 5.92 Å². The number of nitrogens with zero attached hydrogens (tertiary/aromatic N) is 3. The van der Waals surface area contributed by atoms with Crippen molar-refractivity contribution in [2.24, 2.45) is 5.92 Å². The third-order valence-electron chi connectivity index (χ3n) is 5.63. The van der Waals surface area contributed by atoms with Gasteiger partial charge in [-0.3, -0.25) is 4.79 Å². The fraction of sp³-hybridized carbons (Fsp3) is 0.292. The topological polar surface area (TPSA) is 87.6 Å². The summed E-state index contributed by atoms with van der Waals surface area (Å²) in [5.74, 6) is 2.27. The van der Waals surface area contributed by atoms with Crippen molar-refractivity contribution < 1.29 is 14.6 Å². The molecule has 3 aromatic rings. The Morgan fingerprint density at radius 3 is 2.42 bits per heavy atom. The zero-order valence-electron chi connectivity index (χ0n) is 17.5. The van der Waals surface area contributed by atoms with Crippen molar-refractivity contribution in [3.63, 3.8) is 0 Å². The number of anilines is 2. The maximum absolute atomic E-state index is 12.5. The zero-order valence-corrected chi connectivity index (χ0v) is 17.5. The molecule has 0 aliphatic carbocycles. The molecule has 0 bridgehead atoms. The van der Waals surface area contributed by atoms with Crippen LogP contribution in [-0.4, -0.2) is 47.8 Å². The second-order valence-corrected chi connectivity index (χ2v) is 7.63. The van der Waals surface area contributed by atoms with Crippen LogP contribution in [0.1, 0.15) is 23.2 Å². The van der Waals surface area contributed by atoms with Gasteiger partial charge in [0.15, 0.2) is 0 Å². The molecule has 1 saturated heterocycles. The number of aliphatic hydroxyl groups is 1. The molecule has 3 heterocycles. The number of hydrogen-bond donors (Lipinski definition) is 2. The molecule has 2 N–H and O–H groups in total. The van der Waals surface area contributed by atoms with Crippen LogP contribution in [0.4, 0.5) is 11.6 Å². The third-order valence-corrected chi connectivity index (χ3v) is 5.63. The van der Waals surface area contributed by atoms with E-state index in [1.54, 1.807) is 43.8 Å². The van der Waals surface area contributed by atoms with Crippen LogP contribution >= 0.6 is 0 Å². The van der Waals surface area contributed by atoms with Crippen LogP contribution in [0.2, 0.25) is 0 Å². The molecule has 2 aromatic heterocycles. The number of ether oxygens (including phenoxy) is 1. The molecule has 4 rings (SSSR count). The number of piperidine rings is 1. The maximum Gasteiger partial charge on any atom is 0.256 e. The number of nitrogens with one attached hydrogen (secondary N) is 1. The van der Waals surface area contributed by atoms with Crippen LogP contribution in [-0.2, 0) is 0 Å². The third kappa shape index (κ3) is 5.00. The van der Waals surface area contributed by atoms with Crippen molar-refractivity contribution in [2.45, 2.75) is 12.8 Å². The maximum atomic E-state index is 12.5. The minimum absolute atomic E-state index is 0.227. The van der Waals surface area contributed by atoms with Crippen molar-refractivity contribution in [1.82, 2.24) is 9.97 Å². The van der Waals surface area contributed by atoms with Crippen LogP contribution in [0.25, 0.3) is 11.1 Å². The summed E-state index contributed by atoms with van der Waals surface area (Å²) >= 11 is 0. The van der Waals surface area contributed by atoms with E-state index in [4.69, 9.17) is 4.74 Å². The van der Waals surface area contributed by atoms with Gasteiger partial charge in [0.25, 0.3) is 5.91 Å². The highest BCUT2D eigenvalue weighted by Gasteiger charge is 2.19. The monoisotopic (exact) mass is 418 g/mol. The van der Waals surface area contributed by atoms with Gasteiger partial charge in [0.2, 0.25) is 0 Å². The standard InChI is InChI=1S/C24H26N4O3/c1-31-21-4-2-18(3-5-21)24(30)27-22-14-19(6-10-25-22)20-7-11-26-23(15-20)28-12-8-17(16-29)9-13-28/h2-7,10-11,14-15,17,29H,8-9,12-13,16H2,1H3,(H,25,27,30). The van der Waals surface area contributed by atoms with Crippen molar-refractivity contribution in [3.05, 3.63) is 66.5 Å². The summed E-state index contributed by atoms with van der Waals surface area (Å²) in [5, 5.41) is 12.2.